The number of hydrogen-bond acceptors (Lipinski definition) is 3. The molecule has 3 aromatic carbocycles. The molecule has 4 rings (SSSR count). The molecule has 4 aromatic rings. The fourth-order valence-corrected chi connectivity index (χ4v) is 2.91. The summed E-state index contributed by atoms with van der Waals surface area (Å²) < 4.78 is 5.81. The van der Waals surface area contributed by atoms with Gasteiger partial charge in [0.25, 0.3) is 0 Å². The summed E-state index contributed by atoms with van der Waals surface area (Å²) in [5, 5.41) is 9.53. The molecule has 1 N–H and O–H groups in total. The molecule has 0 radical (unpaired) electrons. The highest BCUT2D eigenvalue weighted by atomic mass is 16.4. The molecule has 0 atom stereocenters. The molecule has 122 valence electrons. The van der Waals surface area contributed by atoms with Crippen LogP contribution in [0.3, 0.4) is 0 Å². The highest BCUT2D eigenvalue weighted by Crippen LogP contribution is 2.31. The minimum Gasteiger partial charge on any atom is -0.478 e. The summed E-state index contributed by atoms with van der Waals surface area (Å²) >= 11 is 0. The van der Waals surface area contributed by atoms with E-state index in [0.29, 0.717) is 17.0 Å². The number of aromatic nitrogens is 1. The third-order valence-electron chi connectivity index (χ3n) is 4.12. The van der Waals surface area contributed by atoms with Crippen LogP contribution in [0.1, 0.15) is 15.9 Å². The third-order valence-corrected chi connectivity index (χ3v) is 4.12. The molecular formula is C21H15NO3. The van der Waals surface area contributed by atoms with Crippen molar-refractivity contribution in [2.45, 2.75) is 6.92 Å². The number of carbonyl (C=O) groups is 1. The molecule has 0 spiro atoms. The zero-order chi connectivity index (χ0) is 17.4. The average molecular weight is 329 g/mol. The Morgan fingerprint density at radius 2 is 1.80 bits per heavy atom. The van der Waals surface area contributed by atoms with Crippen molar-refractivity contribution in [2.24, 2.45) is 0 Å². The highest BCUT2D eigenvalue weighted by molar-refractivity contribution is 5.97. The molecule has 0 saturated heterocycles. The Hall–Kier alpha value is -3.40. The maximum atomic E-state index is 11.6. The normalized spacial score (nSPS) is 10.9. The molecule has 0 aliphatic rings. The van der Waals surface area contributed by atoms with Gasteiger partial charge < -0.3 is 9.52 Å². The molecule has 0 amide bonds. The fraction of sp³-hybridized carbons (Fsp3) is 0.0476. The number of carboxylic acid groups (broad SMARTS) is 1. The largest absolute Gasteiger partial charge is 0.478 e. The van der Waals surface area contributed by atoms with E-state index in [-0.39, 0.29) is 5.56 Å². The Bertz CT molecular complexity index is 1060. The van der Waals surface area contributed by atoms with Crippen LogP contribution in [0.4, 0.5) is 0 Å². The van der Waals surface area contributed by atoms with Crippen molar-refractivity contribution in [2.75, 3.05) is 0 Å². The zero-order valence-corrected chi connectivity index (χ0v) is 13.6. The minimum absolute atomic E-state index is 0.255. The summed E-state index contributed by atoms with van der Waals surface area (Å²) in [6.07, 6.45) is 0. The first kappa shape index (κ1) is 15.1. The van der Waals surface area contributed by atoms with Crippen LogP contribution in [0, 0.1) is 6.92 Å². The van der Waals surface area contributed by atoms with E-state index in [0.717, 1.165) is 22.2 Å². The van der Waals surface area contributed by atoms with Gasteiger partial charge in [0.05, 0.1) is 5.56 Å². The van der Waals surface area contributed by atoms with Gasteiger partial charge in [-0.2, -0.15) is 0 Å². The summed E-state index contributed by atoms with van der Waals surface area (Å²) in [7, 11) is 0. The molecule has 4 heteroatoms. The Kier molecular flexibility index (Phi) is 3.58. The van der Waals surface area contributed by atoms with Crippen LogP contribution in [0.5, 0.6) is 0 Å². The molecule has 0 saturated carbocycles. The van der Waals surface area contributed by atoms with Gasteiger partial charge in [0.2, 0.25) is 5.89 Å². The van der Waals surface area contributed by atoms with Crippen LogP contribution in [0.2, 0.25) is 0 Å². The lowest BCUT2D eigenvalue weighted by molar-refractivity contribution is 0.0697. The number of para-hydroxylation sites is 2. The minimum atomic E-state index is -0.958. The van der Waals surface area contributed by atoms with Gasteiger partial charge in [-0.1, -0.05) is 42.0 Å². The standard InChI is InChI=1S/C21H15NO3/c1-13-5-4-6-14(11-13)17-12-15(9-10-16(17)21(23)24)20-22-18-7-2-3-8-19(18)25-20/h2-12H,1H3,(H,23,24). The molecular weight excluding hydrogens is 314 g/mol. The highest BCUT2D eigenvalue weighted by Gasteiger charge is 2.15. The quantitative estimate of drug-likeness (QED) is 0.563. The van der Waals surface area contributed by atoms with Crippen molar-refractivity contribution in [3.8, 4) is 22.6 Å². The molecule has 4 nitrogen and oxygen atoms in total. The maximum absolute atomic E-state index is 11.6. The van der Waals surface area contributed by atoms with E-state index in [1.165, 1.54) is 0 Å². The van der Waals surface area contributed by atoms with E-state index in [2.05, 4.69) is 4.98 Å². The predicted octanol–water partition coefficient (Wildman–Crippen LogP) is 5.17. The van der Waals surface area contributed by atoms with Gasteiger partial charge in [-0.15, -0.1) is 0 Å². The molecule has 0 fully saturated rings. The van der Waals surface area contributed by atoms with Crippen LogP contribution >= 0.6 is 0 Å². The summed E-state index contributed by atoms with van der Waals surface area (Å²) in [6, 6.07) is 20.5. The predicted molar refractivity (Wildman–Crippen MR) is 96.6 cm³/mol. The number of carboxylic acids is 1. The summed E-state index contributed by atoms with van der Waals surface area (Å²) in [5.74, 6) is -0.479. The Morgan fingerprint density at radius 1 is 0.960 bits per heavy atom. The molecule has 25 heavy (non-hydrogen) atoms. The molecule has 0 unspecified atom stereocenters. The lowest BCUT2D eigenvalue weighted by Crippen LogP contribution is -2.00. The van der Waals surface area contributed by atoms with Gasteiger partial charge in [0.1, 0.15) is 5.52 Å². The van der Waals surface area contributed by atoms with Crippen LogP contribution in [-0.4, -0.2) is 16.1 Å². The average Bonchev–Trinajstić information content (AvgIpc) is 3.05. The monoisotopic (exact) mass is 329 g/mol. The molecule has 1 heterocycles. The number of rotatable bonds is 3. The molecule has 1 aromatic heterocycles. The summed E-state index contributed by atoms with van der Waals surface area (Å²) in [4.78, 5) is 16.1. The Balaban J connectivity index is 1.90. The van der Waals surface area contributed by atoms with Crippen LogP contribution in [0.15, 0.2) is 71.1 Å². The molecule has 0 aliphatic carbocycles. The van der Waals surface area contributed by atoms with Gasteiger partial charge in [0, 0.05) is 5.56 Å². The maximum Gasteiger partial charge on any atom is 0.336 e. The number of hydrogen-bond donors (Lipinski definition) is 1. The second kappa shape index (κ2) is 5.91. The molecule has 0 aliphatic heterocycles. The smallest absolute Gasteiger partial charge is 0.336 e. The second-order valence-corrected chi connectivity index (χ2v) is 5.92. The zero-order valence-electron chi connectivity index (χ0n) is 13.6. The van der Waals surface area contributed by atoms with Crippen molar-refractivity contribution >= 4 is 17.1 Å². The van der Waals surface area contributed by atoms with Crippen molar-refractivity contribution in [1.29, 1.82) is 0 Å². The lowest BCUT2D eigenvalue weighted by atomic mass is 9.96. The Morgan fingerprint density at radius 3 is 2.56 bits per heavy atom. The van der Waals surface area contributed by atoms with Gasteiger partial charge in [-0.05, 0) is 48.4 Å². The topological polar surface area (TPSA) is 63.3 Å². The first-order valence-electron chi connectivity index (χ1n) is 7.92. The fourth-order valence-electron chi connectivity index (χ4n) is 2.91. The van der Waals surface area contributed by atoms with Gasteiger partial charge in [0.15, 0.2) is 5.58 Å². The van der Waals surface area contributed by atoms with Crippen LogP contribution in [-0.2, 0) is 0 Å². The number of fused-ring (bicyclic) bond motifs is 1. The Labute approximate surface area is 144 Å². The number of oxazole rings is 1. The van der Waals surface area contributed by atoms with Gasteiger partial charge in [-0.3, -0.25) is 0 Å². The first-order chi connectivity index (χ1) is 12.1. The second-order valence-electron chi connectivity index (χ2n) is 5.92. The van der Waals surface area contributed by atoms with Crippen molar-refractivity contribution in [1.82, 2.24) is 4.98 Å². The van der Waals surface area contributed by atoms with Crippen LogP contribution < -0.4 is 0 Å². The lowest BCUT2D eigenvalue weighted by Gasteiger charge is -2.09. The first-order valence-corrected chi connectivity index (χ1v) is 7.92. The summed E-state index contributed by atoms with van der Waals surface area (Å²) in [5.41, 5.74) is 5.06. The van der Waals surface area contributed by atoms with E-state index in [1.54, 1.807) is 12.1 Å². The van der Waals surface area contributed by atoms with E-state index in [1.807, 2.05) is 61.5 Å². The summed E-state index contributed by atoms with van der Waals surface area (Å²) in [6.45, 7) is 1.98. The number of nitrogens with zero attached hydrogens (tertiary/aromatic N) is 1. The van der Waals surface area contributed by atoms with Crippen molar-refractivity contribution < 1.29 is 14.3 Å². The number of benzene rings is 3. The van der Waals surface area contributed by atoms with Crippen LogP contribution in [0.25, 0.3) is 33.7 Å². The molecule has 0 bridgehead atoms. The van der Waals surface area contributed by atoms with Gasteiger partial charge in [-0.25, -0.2) is 9.78 Å². The van der Waals surface area contributed by atoms with E-state index in [9.17, 15) is 9.90 Å². The third kappa shape index (κ3) is 2.78. The SMILES string of the molecule is Cc1cccc(-c2cc(-c3nc4ccccc4o3)ccc2C(=O)O)c1. The van der Waals surface area contributed by atoms with Crippen molar-refractivity contribution in [3.05, 3.63) is 77.9 Å². The van der Waals surface area contributed by atoms with E-state index >= 15 is 0 Å². The van der Waals surface area contributed by atoms with E-state index in [4.69, 9.17) is 4.42 Å². The van der Waals surface area contributed by atoms with Gasteiger partial charge >= 0.3 is 5.97 Å². The number of aryl methyl sites for hydroxylation is 1. The van der Waals surface area contributed by atoms with E-state index < -0.39 is 5.97 Å². The number of aromatic carboxylic acids is 1. The van der Waals surface area contributed by atoms with Crippen molar-refractivity contribution in [3.63, 3.8) is 0 Å².